The minimum Gasteiger partial charge on any atom is -0.479 e. The van der Waals surface area contributed by atoms with E-state index in [0.29, 0.717) is 0 Å². The van der Waals surface area contributed by atoms with E-state index >= 15 is 0 Å². The predicted octanol–water partition coefficient (Wildman–Crippen LogP) is 2.03. The van der Waals surface area contributed by atoms with Gasteiger partial charge in [0.15, 0.2) is 6.10 Å². The lowest BCUT2D eigenvalue weighted by Crippen LogP contribution is -2.41. The standard InChI is InChI=1S/C10H10INO2/c1-6-10(13)12(2)8-4-3-7(11)5-9(8)14-6/h3-6H,1-2H3. The fourth-order valence-electron chi connectivity index (χ4n) is 1.49. The molecule has 0 radical (unpaired) electrons. The highest BCUT2D eigenvalue weighted by molar-refractivity contribution is 14.1. The van der Waals surface area contributed by atoms with Crippen LogP contribution in [0.25, 0.3) is 0 Å². The van der Waals surface area contributed by atoms with Gasteiger partial charge in [-0.15, -0.1) is 0 Å². The van der Waals surface area contributed by atoms with Crippen molar-refractivity contribution in [3.63, 3.8) is 0 Å². The van der Waals surface area contributed by atoms with Crippen LogP contribution < -0.4 is 9.64 Å². The lowest BCUT2D eigenvalue weighted by atomic mass is 10.2. The molecule has 1 aliphatic heterocycles. The van der Waals surface area contributed by atoms with Gasteiger partial charge in [-0.2, -0.15) is 0 Å². The maximum absolute atomic E-state index is 11.6. The van der Waals surface area contributed by atoms with Gasteiger partial charge in [-0.3, -0.25) is 4.79 Å². The summed E-state index contributed by atoms with van der Waals surface area (Å²) in [5, 5.41) is 0. The third-order valence-corrected chi connectivity index (χ3v) is 2.94. The molecule has 1 aliphatic rings. The zero-order valence-electron chi connectivity index (χ0n) is 7.95. The van der Waals surface area contributed by atoms with Crippen LogP contribution in [0.3, 0.4) is 0 Å². The highest BCUT2D eigenvalue weighted by atomic mass is 127. The molecule has 0 spiro atoms. The molecule has 1 unspecified atom stereocenters. The average Bonchev–Trinajstić information content (AvgIpc) is 2.14. The Kier molecular flexibility index (Phi) is 2.38. The number of nitrogens with zero attached hydrogens (tertiary/aromatic N) is 1. The molecule has 4 heteroatoms. The van der Waals surface area contributed by atoms with Crippen molar-refractivity contribution in [3.8, 4) is 5.75 Å². The number of fused-ring (bicyclic) bond motifs is 1. The molecule has 0 N–H and O–H groups in total. The van der Waals surface area contributed by atoms with Crippen molar-refractivity contribution in [2.75, 3.05) is 11.9 Å². The highest BCUT2D eigenvalue weighted by Gasteiger charge is 2.28. The first-order valence-corrected chi connectivity index (χ1v) is 5.41. The van der Waals surface area contributed by atoms with Gasteiger partial charge in [-0.25, -0.2) is 0 Å². The Labute approximate surface area is 96.2 Å². The first-order chi connectivity index (χ1) is 6.59. The van der Waals surface area contributed by atoms with Crippen molar-refractivity contribution in [3.05, 3.63) is 21.8 Å². The van der Waals surface area contributed by atoms with Crippen LogP contribution in [-0.2, 0) is 4.79 Å². The molecule has 1 atom stereocenters. The van der Waals surface area contributed by atoms with Gasteiger partial charge in [0.2, 0.25) is 0 Å². The zero-order chi connectivity index (χ0) is 10.3. The Balaban J connectivity index is 2.50. The van der Waals surface area contributed by atoms with E-state index in [0.717, 1.165) is 15.0 Å². The molecular weight excluding hydrogens is 293 g/mol. The van der Waals surface area contributed by atoms with Crippen LogP contribution in [0.2, 0.25) is 0 Å². The number of amides is 1. The van der Waals surface area contributed by atoms with E-state index in [2.05, 4.69) is 22.6 Å². The van der Waals surface area contributed by atoms with E-state index in [-0.39, 0.29) is 12.0 Å². The minimum atomic E-state index is -0.384. The molecule has 0 aromatic heterocycles. The molecule has 0 bridgehead atoms. The van der Waals surface area contributed by atoms with E-state index in [4.69, 9.17) is 4.74 Å². The number of hydrogen-bond donors (Lipinski definition) is 0. The summed E-state index contributed by atoms with van der Waals surface area (Å²) in [7, 11) is 1.77. The summed E-state index contributed by atoms with van der Waals surface area (Å²) in [4.78, 5) is 13.2. The molecule has 3 nitrogen and oxygen atoms in total. The van der Waals surface area contributed by atoms with Gasteiger partial charge in [0.25, 0.3) is 5.91 Å². The smallest absolute Gasteiger partial charge is 0.267 e. The van der Waals surface area contributed by atoms with E-state index in [1.54, 1.807) is 18.9 Å². The number of hydrogen-bond acceptors (Lipinski definition) is 2. The SMILES string of the molecule is CC1Oc2cc(I)ccc2N(C)C1=O. The molecule has 0 aliphatic carbocycles. The molecule has 0 fully saturated rings. The maximum atomic E-state index is 11.6. The molecule has 14 heavy (non-hydrogen) atoms. The van der Waals surface area contributed by atoms with Crippen LogP contribution in [0.5, 0.6) is 5.75 Å². The largest absolute Gasteiger partial charge is 0.479 e. The molecular formula is C10H10INO2. The molecule has 2 rings (SSSR count). The van der Waals surface area contributed by atoms with E-state index in [1.807, 2.05) is 18.2 Å². The van der Waals surface area contributed by atoms with Gasteiger partial charge in [0, 0.05) is 10.6 Å². The van der Waals surface area contributed by atoms with Crippen molar-refractivity contribution in [2.24, 2.45) is 0 Å². The van der Waals surface area contributed by atoms with Crippen LogP contribution in [0.4, 0.5) is 5.69 Å². The van der Waals surface area contributed by atoms with Crippen molar-refractivity contribution in [2.45, 2.75) is 13.0 Å². The van der Waals surface area contributed by atoms with Crippen molar-refractivity contribution < 1.29 is 9.53 Å². The number of rotatable bonds is 0. The number of anilines is 1. The molecule has 0 saturated heterocycles. The first kappa shape index (κ1) is 9.76. The van der Waals surface area contributed by atoms with Crippen LogP contribution >= 0.6 is 22.6 Å². The van der Waals surface area contributed by atoms with Crippen molar-refractivity contribution in [1.82, 2.24) is 0 Å². The lowest BCUT2D eigenvalue weighted by Gasteiger charge is -2.30. The van der Waals surface area contributed by atoms with Gasteiger partial charge in [0.05, 0.1) is 5.69 Å². The fourth-order valence-corrected chi connectivity index (χ4v) is 1.95. The van der Waals surface area contributed by atoms with E-state index in [9.17, 15) is 4.79 Å². The second-order valence-electron chi connectivity index (χ2n) is 3.27. The van der Waals surface area contributed by atoms with Crippen LogP contribution in [0, 0.1) is 3.57 Å². The van der Waals surface area contributed by atoms with Crippen LogP contribution in [0.15, 0.2) is 18.2 Å². The second kappa shape index (κ2) is 3.42. The second-order valence-corrected chi connectivity index (χ2v) is 4.52. The normalized spacial score (nSPS) is 20.4. The van der Waals surface area contributed by atoms with Gasteiger partial charge in [-0.05, 0) is 47.7 Å². The lowest BCUT2D eigenvalue weighted by molar-refractivity contribution is -0.125. The van der Waals surface area contributed by atoms with E-state index in [1.165, 1.54) is 0 Å². The summed E-state index contributed by atoms with van der Waals surface area (Å²) < 4.78 is 6.61. The Morgan fingerprint density at radius 3 is 2.93 bits per heavy atom. The van der Waals surface area contributed by atoms with Crippen molar-refractivity contribution >= 4 is 34.2 Å². The van der Waals surface area contributed by atoms with Crippen LogP contribution in [0.1, 0.15) is 6.92 Å². The summed E-state index contributed by atoms with van der Waals surface area (Å²) in [6.45, 7) is 1.77. The zero-order valence-corrected chi connectivity index (χ0v) is 10.1. The predicted molar refractivity (Wildman–Crippen MR) is 62.7 cm³/mol. The molecule has 1 heterocycles. The molecule has 1 amide bonds. The molecule has 1 aromatic rings. The highest BCUT2D eigenvalue weighted by Crippen LogP contribution is 2.34. The van der Waals surface area contributed by atoms with Gasteiger partial charge in [-0.1, -0.05) is 0 Å². The topological polar surface area (TPSA) is 29.5 Å². The number of likely N-dealkylation sites (N-methyl/N-ethyl adjacent to an activating group) is 1. The van der Waals surface area contributed by atoms with Gasteiger partial charge >= 0.3 is 0 Å². The summed E-state index contributed by atoms with van der Waals surface area (Å²) in [5.74, 6) is 0.783. The number of carbonyl (C=O) groups excluding carboxylic acids is 1. The monoisotopic (exact) mass is 303 g/mol. The number of ether oxygens (including phenoxy) is 1. The number of halogens is 1. The summed E-state index contributed by atoms with van der Waals surface area (Å²) in [6, 6.07) is 5.80. The Bertz CT molecular complexity index is 392. The number of benzene rings is 1. The van der Waals surface area contributed by atoms with Crippen LogP contribution in [-0.4, -0.2) is 19.1 Å². The number of carbonyl (C=O) groups is 1. The summed E-state index contributed by atoms with van der Waals surface area (Å²) in [5.41, 5.74) is 0.841. The first-order valence-electron chi connectivity index (χ1n) is 4.33. The van der Waals surface area contributed by atoms with Crippen molar-refractivity contribution in [1.29, 1.82) is 0 Å². The third kappa shape index (κ3) is 1.47. The van der Waals surface area contributed by atoms with Gasteiger partial charge < -0.3 is 9.64 Å². The van der Waals surface area contributed by atoms with Gasteiger partial charge in [0.1, 0.15) is 5.75 Å². The molecule has 74 valence electrons. The third-order valence-electron chi connectivity index (χ3n) is 2.27. The average molecular weight is 303 g/mol. The summed E-state index contributed by atoms with van der Waals surface area (Å²) >= 11 is 2.22. The maximum Gasteiger partial charge on any atom is 0.267 e. The van der Waals surface area contributed by atoms with E-state index < -0.39 is 0 Å². The molecule has 1 aromatic carbocycles. The minimum absolute atomic E-state index is 0.00120. The Morgan fingerprint density at radius 1 is 1.50 bits per heavy atom. The molecule has 0 saturated carbocycles. The fraction of sp³-hybridized carbons (Fsp3) is 0.300. The Morgan fingerprint density at radius 2 is 2.21 bits per heavy atom. The Hall–Kier alpha value is -0.780. The summed E-state index contributed by atoms with van der Waals surface area (Å²) in [6.07, 6.45) is -0.384. The quantitative estimate of drug-likeness (QED) is 0.686.